The van der Waals surface area contributed by atoms with Crippen LogP contribution in [0.2, 0.25) is 19.6 Å². The second-order valence-electron chi connectivity index (χ2n) is 12.4. The highest BCUT2D eigenvalue weighted by atomic mass is 28.3. The minimum absolute atomic E-state index is 0.329. The van der Waals surface area contributed by atoms with Crippen molar-refractivity contribution in [3.05, 3.63) is 144 Å². The van der Waals surface area contributed by atoms with Crippen LogP contribution in [-0.4, -0.2) is 45.2 Å². The molecule has 4 aromatic carbocycles. The van der Waals surface area contributed by atoms with Gasteiger partial charge in [-0.1, -0.05) is 147 Å². The molecule has 0 saturated carbocycles. The maximum atomic E-state index is 6.80. The summed E-state index contributed by atoms with van der Waals surface area (Å²) in [7, 11) is -1.72. The number of benzene rings is 4. The topological polar surface area (TPSA) is 46.2 Å². The van der Waals surface area contributed by atoms with Crippen LogP contribution < -0.4 is 0 Å². The van der Waals surface area contributed by atoms with Gasteiger partial charge in [0.15, 0.2) is 0 Å². The molecule has 1 saturated heterocycles. The first-order valence-corrected chi connectivity index (χ1v) is 19.2. The maximum Gasteiger partial charge on any atom is 0.146 e. The fraction of sp³-hybridized carbons (Fsp3) is 0.333. The largest absolute Gasteiger partial charge is 0.374 e. The molecule has 0 N–H and O–H groups in total. The Morgan fingerprint density at radius 2 is 0.933 bits per heavy atom. The summed E-state index contributed by atoms with van der Waals surface area (Å²) >= 11 is 0. The van der Waals surface area contributed by atoms with Crippen LogP contribution in [-0.2, 0) is 50.1 Å². The molecule has 0 bridgehead atoms. The molecule has 1 heterocycles. The zero-order valence-electron chi connectivity index (χ0n) is 26.5. The molecule has 1 fully saturated rings. The van der Waals surface area contributed by atoms with Gasteiger partial charge in [-0.05, 0) is 22.3 Å². The number of ether oxygens (including phenoxy) is 5. The van der Waals surface area contributed by atoms with Crippen LogP contribution >= 0.6 is 0 Å². The predicted molar refractivity (Wildman–Crippen MR) is 181 cm³/mol. The normalized spacial score (nSPS) is 21.5. The molecule has 5 atom stereocenters. The fourth-order valence-electron chi connectivity index (χ4n) is 5.19. The van der Waals surface area contributed by atoms with Gasteiger partial charge in [-0.15, -0.1) is 5.54 Å². The maximum absolute atomic E-state index is 6.80. The van der Waals surface area contributed by atoms with Crippen molar-refractivity contribution in [1.82, 2.24) is 0 Å². The Kier molecular flexibility index (Phi) is 12.2. The van der Waals surface area contributed by atoms with Crippen molar-refractivity contribution in [2.45, 2.75) is 76.6 Å². The Morgan fingerprint density at radius 3 is 1.38 bits per heavy atom. The molecular formula is C39H44O5Si. The van der Waals surface area contributed by atoms with E-state index >= 15 is 0 Å². The van der Waals surface area contributed by atoms with Crippen LogP contribution in [0.1, 0.15) is 22.3 Å². The van der Waals surface area contributed by atoms with E-state index in [-0.39, 0.29) is 0 Å². The predicted octanol–water partition coefficient (Wildman–Crippen LogP) is 7.61. The highest BCUT2D eigenvalue weighted by molar-refractivity contribution is 6.83. The Labute approximate surface area is 269 Å². The van der Waals surface area contributed by atoms with Gasteiger partial charge in [-0.2, -0.15) is 0 Å². The minimum Gasteiger partial charge on any atom is -0.374 e. The molecule has 0 aromatic heterocycles. The van der Waals surface area contributed by atoms with Gasteiger partial charge in [-0.25, -0.2) is 0 Å². The lowest BCUT2D eigenvalue weighted by Crippen LogP contribution is -2.61. The average Bonchev–Trinajstić information content (AvgIpc) is 3.06. The quantitative estimate of drug-likeness (QED) is 0.114. The van der Waals surface area contributed by atoms with E-state index in [9.17, 15) is 0 Å². The van der Waals surface area contributed by atoms with E-state index in [1.165, 1.54) is 0 Å². The zero-order chi connectivity index (χ0) is 31.3. The van der Waals surface area contributed by atoms with Crippen molar-refractivity contribution in [1.29, 1.82) is 0 Å². The van der Waals surface area contributed by atoms with Gasteiger partial charge in [0.25, 0.3) is 0 Å². The monoisotopic (exact) mass is 620 g/mol. The van der Waals surface area contributed by atoms with Crippen molar-refractivity contribution in [2.75, 3.05) is 6.61 Å². The van der Waals surface area contributed by atoms with Gasteiger partial charge in [-0.3, -0.25) is 0 Å². The summed E-state index contributed by atoms with van der Waals surface area (Å²) in [6.45, 7) is 8.73. The van der Waals surface area contributed by atoms with Crippen molar-refractivity contribution in [2.24, 2.45) is 0 Å². The summed E-state index contributed by atoms with van der Waals surface area (Å²) in [6.07, 6.45) is -2.34. The van der Waals surface area contributed by atoms with Crippen molar-refractivity contribution in [3.63, 3.8) is 0 Å². The van der Waals surface area contributed by atoms with E-state index in [1.54, 1.807) is 0 Å². The second kappa shape index (κ2) is 16.7. The molecule has 0 radical (unpaired) electrons. The Morgan fingerprint density at radius 1 is 0.533 bits per heavy atom. The molecule has 0 aliphatic carbocycles. The van der Waals surface area contributed by atoms with E-state index in [0.29, 0.717) is 33.0 Å². The van der Waals surface area contributed by atoms with E-state index in [0.717, 1.165) is 22.3 Å². The van der Waals surface area contributed by atoms with E-state index in [2.05, 4.69) is 79.6 Å². The van der Waals surface area contributed by atoms with Gasteiger partial charge >= 0.3 is 0 Å². The molecule has 5 rings (SSSR count). The lowest BCUT2D eigenvalue weighted by Gasteiger charge is -2.45. The van der Waals surface area contributed by atoms with Crippen molar-refractivity contribution >= 4 is 8.07 Å². The van der Waals surface area contributed by atoms with E-state index in [4.69, 9.17) is 23.7 Å². The summed E-state index contributed by atoms with van der Waals surface area (Å²) in [5, 5.41) is 0. The molecule has 45 heavy (non-hydrogen) atoms. The summed E-state index contributed by atoms with van der Waals surface area (Å²) in [4.78, 5) is 0. The van der Waals surface area contributed by atoms with Gasteiger partial charge < -0.3 is 23.7 Å². The first-order chi connectivity index (χ1) is 21.9. The lowest BCUT2D eigenvalue weighted by atomic mass is 9.94. The molecule has 4 aromatic rings. The number of hydrogen-bond acceptors (Lipinski definition) is 5. The summed E-state index contributed by atoms with van der Waals surface area (Å²) in [5.74, 6) is 3.48. The van der Waals surface area contributed by atoms with Gasteiger partial charge in [0.2, 0.25) is 0 Å². The van der Waals surface area contributed by atoms with Gasteiger partial charge in [0.05, 0.1) is 33.0 Å². The Balaban J connectivity index is 1.46. The molecule has 5 nitrogen and oxygen atoms in total. The lowest BCUT2D eigenvalue weighted by molar-refractivity contribution is -0.261. The summed E-state index contributed by atoms with van der Waals surface area (Å²) < 4.78 is 33.3. The fourth-order valence-corrected chi connectivity index (χ4v) is 5.77. The second-order valence-corrected chi connectivity index (χ2v) is 17.1. The van der Waals surface area contributed by atoms with Gasteiger partial charge in [0.1, 0.15) is 38.6 Å². The van der Waals surface area contributed by atoms with E-state index in [1.807, 2.05) is 72.8 Å². The molecular weight excluding hydrogens is 577 g/mol. The van der Waals surface area contributed by atoms with Crippen LogP contribution in [0.15, 0.2) is 121 Å². The smallest absolute Gasteiger partial charge is 0.146 e. The van der Waals surface area contributed by atoms with Crippen LogP contribution in [0, 0.1) is 11.5 Å². The molecule has 6 heteroatoms. The standard InChI is InChI=1S/C39H44O5Si/c1-45(2,3)25-24-35-37(41-27-32-18-10-5-11-19-32)39(43-29-34-22-14-7-15-23-34)38(42-28-33-20-12-6-13-21-33)36(44-35)30-40-26-31-16-8-4-9-17-31/h4-23,35-39H,26-30H2,1-3H3. The van der Waals surface area contributed by atoms with E-state index < -0.39 is 38.6 Å². The molecule has 1 aliphatic heterocycles. The molecule has 234 valence electrons. The Bertz CT molecular complexity index is 1470. The van der Waals surface area contributed by atoms with Crippen LogP contribution in [0.25, 0.3) is 0 Å². The Hall–Kier alpha value is -3.54. The number of rotatable bonds is 13. The van der Waals surface area contributed by atoms with Crippen LogP contribution in [0.3, 0.4) is 0 Å². The van der Waals surface area contributed by atoms with Crippen molar-refractivity contribution < 1.29 is 23.7 Å². The third-order valence-corrected chi connectivity index (χ3v) is 8.37. The highest BCUT2D eigenvalue weighted by Gasteiger charge is 2.48. The number of hydrogen-bond donors (Lipinski definition) is 0. The van der Waals surface area contributed by atoms with Crippen molar-refractivity contribution in [3.8, 4) is 11.5 Å². The minimum atomic E-state index is -1.72. The molecule has 1 aliphatic rings. The van der Waals surface area contributed by atoms with Crippen LogP contribution in [0.5, 0.6) is 0 Å². The molecule has 5 unspecified atom stereocenters. The third-order valence-electron chi connectivity index (χ3n) is 7.47. The highest BCUT2D eigenvalue weighted by Crippen LogP contribution is 2.31. The van der Waals surface area contributed by atoms with Crippen LogP contribution in [0.4, 0.5) is 0 Å². The average molecular weight is 621 g/mol. The molecule has 0 amide bonds. The zero-order valence-corrected chi connectivity index (χ0v) is 27.5. The first-order valence-electron chi connectivity index (χ1n) is 15.7. The van der Waals surface area contributed by atoms with Gasteiger partial charge in [0, 0.05) is 0 Å². The molecule has 0 spiro atoms. The third kappa shape index (κ3) is 10.5. The summed E-state index contributed by atoms with van der Waals surface area (Å²) in [5.41, 5.74) is 7.87. The first kappa shape index (κ1) is 32.8. The summed E-state index contributed by atoms with van der Waals surface area (Å²) in [6, 6.07) is 40.7. The SMILES string of the molecule is C[Si](C)(C)C#CC1OC(COCc2ccccc2)C(OCc2ccccc2)C(OCc2ccccc2)C1OCc1ccccc1.